The summed E-state index contributed by atoms with van der Waals surface area (Å²) in [5, 5.41) is 9.22. The van der Waals surface area contributed by atoms with E-state index in [-0.39, 0.29) is 0 Å². The highest BCUT2D eigenvalue weighted by molar-refractivity contribution is 5.72. The SMILES string of the molecule is Nc1ccc(OC(CCc2ccccc2)C(=O)O)cc1. The van der Waals surface area contributed by atoms with Crippen LogP contribution in [0.25, 0.3) is 0 Å². The summed E-state index contributed by atoms with van der Waals surface area (Å²) in [5.41, 5.74) is 7.30. The lowest BCUT2D eigenvalue weighted by Crippen LogP contribution is -2.27. The first-order valence-corrected chi connectivity index (χ1v) is 6.44. The van der Waals surface area contributed by atoms with Gasteiger partial charge in [0.1, 0.15) is 5.75 Å². The highest BCUT2D eigenvalue weighted by atomic mass is 16.5. The highest BCUT2D eigenvalue weighted by Gasteiger charge is 2.19. The van der Waals surface area contributed by atoms with Gasteiger partial charge in [0, 0.05) is 5.69 Å². The quantitative estimate of drug-likeness (QED) is 0.792. The molecule has 2 aromatic carbocycles. The van der Waals surface area contributed by atoms with Crippen molar-refractivity contribution in [3.05, 3.63) is 60.2 Å². The van der Waals surface area contributed by atoms with E-state index in [2.05, 4.69) is 0 Å². The average Bonchev–Trinajstić information content (AvgIpc) is 2.46. The number of hydrogen-bond donors (Lipinski definition) is 2. The van der Waals surface area contributed by atoms with Gasteiger partial charge >= 0.3 is 5.97 Å². The molecule has 20 heavy (non-hydrogen) atoms. The third-order valence-corrected chi connectivity index (χ3v) is 2.97. The van der Waals surface area contributed by atoms with Gasteiger partial charge in [0.05, 0.1) is 0 Å². The van der Waals surface area contributed by atoms with E-state index < -0.39 is 12.1 Å². The summed E-state index contributed by atoms with van der Waals surface area (Å²) in [6.07, 6.45) is 0.218. The van der Waals surface area contributed by atoms with Crippen LogP contribution < -0.4 is 10.5 Å². The molecular formula is C16H17NO3. The summed E-state index contributed by atoms with van der Waals surface area (Å²) < 4.78 is 5.50. The van der Waals surface area contributed by atoms with Crippen molar-refractivity contribution in [2.45, 2.75) is 18.9 Å². The topological polar surface area (TPSA) is 72.5 Å². The summed E-state index contributed by atoms with van der Waals surface area (Å²) >= 11 is 0. The molecule has 0 heterocycles. The first kappa shape index (κ1) is 13.9. The van der Waals surface area contributed by atoms with Gasteiger partial charge in [-0.1, -0.05) is 30.3 Å². The number of aryl methyl sites for hydroxylation is 1. The van der Waals surface area contributed by atoms with Crippen molar-refractivity contribution in [2.24, 2.45) is 0 Å². The lowest BCUT2D eigenvalue weighted by atomic mass is 10.1. The number of hydrogen-bond acceptors (Lipinski definition) is 3. The molecule has 104 valence electrons. The molecule has 3 N–H and O–H groups in total. The Morgan fingerprint density at radius 2 is 1.75 bits per heavy atom. The van der Waals surface area contributed by atoms with Crippen LogP contribution in [0, 0.1) is 0 Å². The van der Waals surface area contributed by atoms with E-state index in [9.17, 15) is 9.90 Å². The number of carboxylic acids is 1. The number of nitrogens with two attached hydrogens (primary N) is 1. The Hall–Kier alpha value is -2.49. The van der Waals surface area contributed by atoms with Crippen molar-refractivity contribution >= 4 is 11.7 Å². The predicted octanol–water partition coefficient (Wildman–Crippen LogP) is 2.73. The second kappa shape index (κ2) is 6.61. The van der Waals surface area contributed by atoms with Crippen LogP contribution in [0.2, 0.25) is 0 Å². The van der Waals surface area contributed by atoms with Gasteiger partial charge in [-0.3, -0.25) is 0 Å². The van der Waals surface area contributed by atoms with Gasteiger partial charge < -0.3 is 15.6 Å². The van der Waals surface area contributed by atoms with E-state index in [0.29, 0.717) is 24.3 Å². The van der Waals surface area contributed by atoms with Gasteiger partial charge in [-0.25, -0.2) is 4.79 Å². The average molecular weight is 271 g/mol. The summed E-state index contributed by atoms with van der Waals surface area (Å²) in [7, 11) is 0. The molecule has 1 atom stereocenters. The maximum absolute atomic E-state index is 11.2. The first-order valence-electron chi connectivity index (χ1n) is 6.44. The minimum absolute atomic E-state index is 0.420. The summed E-state index contributed by atoms with van der Waals surface area (Å²) in [5.74, 6) is -0.447. The Bertz CT molecular complexity index is 552. The number of ether oxygens (including phenoxy) is 1. The molecule has 2 aromatic rings. The molecule has 0 bridgehead atoms. The Balaban J connectivity index is 1.97. The van der Waals surface area contributed by atoms with E-state index in [1.807, 2.05) is 30.3 Å². The third-order valence-electron chi connectivity index (χ3n) is 2.97. The molecule has 0 amide bonds. The molecule has 1 unspecified atom stereocenters. The maximum Gasteiger partial charge on any atom is 0.344 e. The zero-order valence-electron chi connectivity index (χ0n) is 11.0. The number of rotatable bonds is 6. The van der Waals surface area contributed by atoms with E-state index in [1.54, 1.807) is 24.3 Å². The Morgan fingerprint density at radius 3 is 2.35 bits per heavy atom. The number of carbonyl (C=O) groups is 1. The lowest BCUT2D eigenvalue weighted by Gasteiger charge is -2.15. The minimum Gasteiger partial charge on any atom is -0.479 e. The highest BCUT2D eigenvalue weighted by Crippen LogP contribution is 2.17. The Kier molecular flexibility index (Phi) is 4.60. The van der Waals surface area contributed by atoms with Crippen LogP contribution >= 0.6 is 0 Å². The number of carboxylic acid groups (broad SMARTS) is 1. The molecule has 0 fully saturated rings. The zero-order chi connectivity index (χ0) is 14.4. The van der Waals surface area contributed by atoms with Crippen molar-refractivity contribution in [3.8, 4) is 5.75 Å². The second-order valence-electron chi connectivity index (χ2n) is 4.54. The standard InChI is InChI=1S/C16H17NO3/c17-13-7-9-14(10-8-13)20-15(16(18)19)11-6-12-4-2-1-3-5-12/h1-5,7-10,15H,6,11,17H2,(H,18,19). The number of nitrogen functional groups attached to an aromatic ring is 1. The smallest absolute Gasteiger partial charge is 0.344 e. The second-order valence-corrected chi connectivity index (χ2v) is 4.54. The molecule has 0 radical (unpaired) electrons. The fraction of sp³-hybridized carbons (Fsp3) is 0.188. The maximum atomic E-state index is 11.2. The molecule has 0 spiro atoms. The number of benzene rings is 2. The van der Waals surface area contributed by atoms with Crippen LogP contribution in [0.4, 0.5) is 5.69 Å². The number of aliphatic carboxylic acids is 1. The molecule has 0 aliphatic heterocycles. The van der Waals surface area contributed by atoms with Gasteiger partial charge in [-0.15, -0.1) is 0 Å². The molecule has 0 aliphatic carbocycles. The minimum atomic E-state index is -0.960. The van der Waals surface area contributed by atoms with Gasteiger partial charge in [0.15, 0.2) is 6.10 Å². The van der Waals surface area contributed by atoms with E-state index >= 15 is 0 Å². The van der Waals surface area contributed by atoms with Crippen LogP contribution in [-0.2, 0) is 11.2 Å². The Labute approximate surface area is 117 Å². The largest absolute Gasteiger partial charge is 0.479 e. The molecule has 0 aromatic heterocycles. The van der Waals surface area contributed by atoms with Crippen LogP contribution in [-0.4, -0.2) is 17.2 Å². The van der Waals surface area contributed by atoms with Crippen LogP contribution in [0.1, 0.15) is 12.0 Å². The monoisotopic (exact) mass is 271 g/mol. The molecule has 0 aliphatic rings. The summed E-state index contributed by atoms with van der Waals surface area (Å²) in [4.78, 5) is 11.2. The van der Waals surface area contributed by atoms with Gasteiger partial charge in [-0.05, 0) is 42.7 Å². The van der Waals surface area contributed by atoms with Crippen molar-refractivity contribution < 1.29 is 14.6 Å². The van der Waals surface area contributed by atoms with E-state index in [0.717, 1.165) is 5.56 Å². The fourth-order valence-electron chi connectivity index (χ4n) is 1.89. The Morgan fingerprint density at radius 1 is 1.10 bits per heavy atom. The van der Waals surface area contributed by atoms with Crippen LogP contribution in [0.15, 0.2) is 54.6 Å². The van der Waals surface area contributed by atoms with Gasteiger partial charge in [0.25, 0.3) is 0 Å². The van der Waals surface area contributed by atoms with Crippen molar-refractivity contribution in [3.63, 3.8) is 0 Å². The summed E-state index contributed by atoms with van der Waals surface area (Å²) in [6, 6.07) is 16.5. The van der Waals surface area contributed by atoms with Gasteiger partial charge in [-0.2, -0.15) is 0 Å². The van der Waals surface area contributed by atoms with Crippen molar-refractivity contribution in [1.82, 2.24) is 0 Å². The normalized spacial score (nSPS) is 11.8. The fourth-order valence-corrected chi connectivity index (χ4v) is 1.89. The predicted molar refractivity (Wildman–Crippen MR) is 77.7 cm³/mol. The molecular weight excluding hydrogens is 254 g/mol. The molecule has 4 nitrogen and oxygen atoms in total. The number of anilines is 1. The zero-order valence-corrected chi connectivity index (χ0v) is 11.0. The molecule has 2 rings (SSSR count). The molecule has 0 saturated heterocycles. The van der Waals surface area contributed by atoms with Crippen molar-refractivity contribution in [2.75, 3.05) is 5.73 Å². The van der Waals surface area contributed by atoms with E-state index in [1.165, 1.54) is 0 Å². The lowest BCUT2D eigenvalue weighted by molar-refractivity contribution is -0.145. The van der Waals surface area contributed by atoms with Crippen molar-refractivity contribution in [1.29, 1.82) is 0 Å². The van der Waals surface area contributed by atoms with Crippen LogP contribution in [0.5, 0.6) is 5.75 Å². The van der Waals surface area contributed by atoms with E-state index in [4.69, 9.17) is 10.5 Å². The third kappa shape index (κ3) is 4.02. The van der Waals surface area contributed by atoms with Crippen LogP contribution in [0.3, 0.4) is 0 Å². The first-order chi connectivity index (χ1) is 9.65. The summed E-state index contributed by atoms with van der Waals surface area (Å²) in [6.45, 7) is 0. The van der Waals surface area contributed by atoms with Gasteiger partial charge in [0.2, 0.25) is 0 Å². The molecule has 4 heteroatoms. The molecule has 0 saturated carbocycles.